The molecule has 0 amide bonds. The van der Waals surface area contributed by atoms with Crippen molar-refractivity contribution < 1.29 is 18.3 Å². The fourth-order valence-corrected chi connectivity index (χ4v) is 5.95. The quantitative estimate of drug-likeness (QED) is 0.534. The van der Waals surface area contributed by atoms with Gasteiger partial charge in [0.15, 0.2) is 0 Å². The number of rotatable bonds is 5. The zero-order valence-electron chi connectivity index (χ0n) is 17.4. The first kappa shape index (κ1) is 22.3. The number of carboxylic acids is 1. The summed E-state index contributed by atoms with van der Waals surface area (Å²) in [5, 5.41) is 10.4. The third kappa shape index (κ3) is 4.21. The predicted molar refractivity (Wildman–Crippen MR) is 124 cm³/mol. The molecule has 0 unspecified atom stereocenters. The topological polar surface area (TPSA) is 74.7 Å². The first-order valence-electron chi connectivity index (χ1n) is 10.1. The molecular formula is C25H22ClNO4S. The number of carboxylic acid groups (broad SMARTS) is 1. The molecule has 3 aromatic carbocycles. The van der Waals surface area contributed by atoms with Gasteiger partial charge in [-0.3, -0.25) is 0 Å². The summed E-state index contributed by atoms with van der Waals surface area (Å²) in [6.07, 6.45) is 1.88. The number of aliphatic carboxylic acids is 1. The van der Waals surface area contributed by atoms with E-state index in [9.17, 15) is 18.3 Å². The number of carbonyl (C=O) groups is 1. The molecule has 2 atom stereocenters. The second-order valence-electron chi connectivity index (χ2n) is 7.73. The van der Waals surface area contributed by atoms with Crippen molar-refractivity contribution in [1.82, 2.24) is 4.31 Å². The Hall–Kier alpha value is -2.93. The van der Waals surface area contributed by atoms with E-state index in [4.69, 9.17) is 11.6 Å². The molecule has 0 aromatic heterocycles. The number of aryl methyl sites for hydroxylation is 1. The van der Waals surface area contributed by atoms with E-state index in [0.717, 1.165) is 11.1 Å². The van der Waals surface area contributed by atoms with Crippen LogP contribution in [0, 0.1) is 6.92 Å². The van der Waals surface area contributed by atoms with Crippen LogP contribution in [0.3, 0.4) is 0 Å². The Kier molecular flexibility index (Phi) is 6.20. The van der Waals surface area contributed by atoms with E-state index in [2.05, 4.69) is 0 Å². The molecular weight excluding hydrogens is 446 g/mol. The summed E-state index contributed by atoms with van der Waals surface area (Å²) < 4.78 is 29.3. The third-order valence-electron chi connectivity index (χ3n) is 5.63. The fourth-order valence-electron chi connectivity index (χ4n) is 4.04. The highest BCUT2D eigenvalue weighted by molar-refractivity contribution is 7.89. The molecule has 164 valence electrons. The standard InChI is InChI=1S/C25H22ClNO4S/c1-17-7-13-21(14-8-17)32(30,31)27-23(18-5-3-2-4-6-18)16-15-22(25(28)29)24(27)19-9-11-20(26)12-10-19/h2-15,23-24H,16H2,1H3,(H,28,29)/t23-,24-/m0/s1. The van der Waals surface area contributed by atoms with E-state index in [-0.39, 0.29) is 16.9 Å². The second-order valence-corrected chi connectivity index (χ2v) is 10.0. The van der Waals surface area contributed by atoms with Crippen LogP contribution in [0.15, 0.2) is 95.4 Å². The molecule has 1 heterocycles. The monoisotopic (exact) mass is 467 g/mol. The second kappa shape index (κ2) is 8.90. The van der Waals surface area contributed by atoms with Gasteiger partial charge >= 0.3 is 5.97 Å². The first-order valence-corrected chi connectivity index (χ1v) is 11.9. The maximum atomic E-state index is 14.0. The van der Waals surface area contributed by atoms with Gasteiger partial charge in [-0.25, -0.2) is 13.2 Å². The van der Waals surface area contributed by atoms with Gasteiger partial charge in [-0.15, -0.1) is 0 Å². The number of benzene rings is 3. The van der Waals surface area contributed by atoms with Crippen molar-refractivity contribution in [3.63, 3.8) is 0 Å². The minimum atomic E-state index is -4.05. The number of hydrogen-bond donors (Lipinski definition) is 1. The van der Waals surface area contributed by atoms with Crippen LogP contribution in [0.25, 0.3) is 0 Å². The summed E-state index contributed by atoms with van der Waals surface area (Å²) in [6.45, 7) is 1.88. The molecule has 0 radical (unpaired) electrons. The predicted octanol–water partition coefficient (Wildman–Crippen LogP) is 5.54. The van der Waals surface area contributed by atoms with Crippen LogP contribution < -0.4 is 0 Å². The molecule has 5 nitrogen and oxygen atoms in total. The van der Waals surface area contributed by atoms with E-state index in [1.807, 2.05) is 37.3 Å². The molecule has 1 N–H and O–H groups in total. The van der Waals surface area contributed by atoms with Crippen LogP contribution in [0.2, 0.25) is 5.02 Å². The van der Waals surface area contributed by atoms with Crippen molar-refractivity contribution in [3.8, 4) is 0 Å². The van der Waals surface area contributed by atoms with Crippen molar-refractivity contribution >= 4 is 27.6 Å². The lowest BCUT2D eigenvalue weighted by Gasteiger charge is -2.40. The Morgan fingerprint density at radius 3 is 2.16 bits per heavy atom. The summed E-state index contributed by atoms with van der Waals surface area (Å²) in [4.78, 5) is 12.3. The van der Waals surface area contributed by atoms with Crippen LogP contribution >= 0.6 is 11.6 Å². The van der Waals surface area contributed by atoms with Gasteiger partial charge in [0.2, 0.25) is 10.0 Å². The molecule has 7 heteroatoms. The minimum absolute atomic E-state index is 0.0233. The van der Waals surface area contributed by atoms with Gasteiger partial charge in [0.1, 0.15) is 0 Å². The van der Waals surface area contributed by atoms with Gasteiger partial charge in [-0.2, -0.15) is 4.31 Å². The van der Waals surface area contributed by atoms with Crippen LogP contribution in [-0.2, 0) is 14.8 Å². The van der Waals surface area contributed by atoms with Gasteiger partial charge in [-0.05, 0) is 48.7 Å². The average molecular weight is 468 g/mol. The maximum absolute atomic E-state index is 14.0. The number of sulfonamides is 1. The molecule has 0 saturated heterocycles. The summed E-state index contributed by atoms with van der Waals surface area (Å²) in [7, 11) is -4.05. The molecule has 3 aromatic rings. The largest absolute Gasteiger partial charge is 0.478 e. The lowest BCUT2D eigenvalue weighted by atomic mass is 9.89. The first-order chi connectivity index (χ1) is 15.3. The summed E-state index contributed by atoms with van der Waals surface area (Å²) in [6, 6.07) is 20.9. The number of hydrogen-bond acceptors (Lipinski definition) is 3. The Balaban J connectivity index is 1.96. The maximum Gasteiger partial charge on any atom is 0.333 e. The normalized spacial score (nSPS) is 19.4. The SMILES string of the molecule is Cc1ccc(S(=O)(=O)N2[C@@H](c3ccc(Cl)cc3)C(C(=O)O)=CC[C@H]2c2ccccc2)cc1. The van der Waals surface area contributed by atoms with Crippen molar-refractivity contribution in [1.29, 1.82) is 0 Å². The summed E-state index contributed by atoms with van der Waals surface area (Å²) >= 11 is 6.05. The Bertz CT molecular complexity index is 1250. The lowest BCUT2D eigenvalue weighted by Crippen LogP contribution is -2.42. The zero-order chi connectivity index (χ0) is 22.9. The molecule has 0 aliphatic carbocycles. The number of nitrogens with zero attached hydrogens (tertiary/aromatic N) is 1. The van der Waals surface area contributed by atoms with Crippen LogP contribution in [0.5, 0.6) is 0 Å². The van der Waals surface area contributed by atoms with Gasteiger partial charge in [0, 0.05) is 5.02 Å². The molecule has 32 heavy (non-hydrogen) atoms. The van der Waals surface area contributed by atoms with E-state index in [1.54, 1.807) is 54.6 Å². The average Bonchev–Trinajstić information content (AvgIpc) is 2.79. The van der Waals surface area contributed by atoms with Crippen molar-refractivity contribution in [2.75, 3.05) is 0 Å². The molecule has 1 aliphatic rings. The van der Waals surface area contributed by atoms with Gasteiger partial charge in [0.05, 0.1) is 22.6 Å². The van der Waals surface area contributed by atoms with E-state index in [0.29, 0.717) is 10.6 Å². The van der Waals surface area contributed by atoms with E-state index in [1.165, 1.54) is 4.31 Å². The molecule has 0 saturated carbocycles. The summed E-state index contributed by atoms with van der Waals surface area (Å²) in [5.74, 6) is -1.15. The van der Waals surface area contributed by atoms with Gasteiger partial charge in [0.25, 0.3) is 0 Å². The minimum Gasteiger partial charge on any atom is -0.478 e. The molecule has 4 rings (SSSR count). The third-order valence-corrected chi connectivity index (χ3v) is 7.77. The highest BCUT2D eigenvalue weighted by Crippen LogP contribution is 2.45. The molecule has 0 spiro atoms. The summed E-state index contributed by atoms with van der Waals surface area (Å²) in [5.41, 5.74) is 2.29. The Morgan fingerprint density at radius 1 is 0.938 bits per heavy atom. The van der Waals surface area contributed by atoms with Crippen molar-refractivity contribution in [2.45, 2.75) is 30.3 Å². The molecule has 0 bridgehead atoms. The van der Waals surface area contributed by atoms with Gasteiger partial charge < -0.3 is 5.11 Å². The number of halogens is 1. The van der Waals surface area contributed by atoms with E-state index >= 15 is 0 Å². The van der Waals surface area contributed by atoms with Gasteiger partial charge in [-0.1, -0.05) is 77.8 Å². The Morgan fingerprint density at radius 2 is 1.56 bits per heavy atom. The lowest BCUT2D eigenvalue weighted by molar-refractivity contribution is -0.133. The smallest absolute Gasteiger partial charge is 0.333 e. The van der Waals surface area contributed by atoms with E-state index < -0.39 is 28.1 Å². The van der Waals surface area contributed by atoms with Crippen molar-refractivity contribution in [3.05, 3.63) is 112 Å². The van der Waals surface area contributed by atoms with Crippen LogP contribution in [0.4, 0.5) is 0 Å². The van der Waals surface area contributed by atoms with Crippen molar-refractivity contribution in [2.24, 2.45) is 0 Å². The molecule has 1 aliphatic heterocycles. The Labute approximate surface area is 192 Å². The highest BCUT2D eigenvalue weighted by atomic mass is 35.5. The highest BCUT2D eigenvalue weighted by Gasteiger charge is 2.44. The van der Waals surface area contributed by atoms with Crippen LogP contribution in [-0.4, -0.2) is 23.8 Å². The zero-order valence-corrected chi connectivity index (χ0v) is 18.9. The molecule has 0 fully saturated rings. The van der Waals surface area contributed by atoms with Crippen LogP contribution in [0.1, 0.15) is 35.2 Å². The fraction of sp³-hybridized carbons (Fsp3) is 0.160.